The van der Waals surface area contributed by atoms with Crippen LogP contribution >= 0.6 is 11.6 Å². The van der Waals surface area contributed by atoms with Crippen molar-refractivity contribution in [1.29, 1.82) is 5.26 Å². The third-order valence-corrected chi connectivity index (χ3v) is 4.34. The highest BCUT2D eigenvalue weighted by molar-refractivity contribution is 6.32. The Labute approximate surface area is 155 Å². The molecule has 6 nitrogen and oxygen atoms in total. The van der Waals surface area contributed by atoms with Crippen molar-refractivity contribution in [3.05, 3.63) is 53.1 Å². The summed E-state index contributed by atoms with van der Waals surface area (Å²) in [4.78, 5) is 26.3. The molecule has 0 aromatic heterocycles. The fourth-order valence-electron chi connectivity index (χ4n) is 2.86. The monoisotopic (exact) mass is 369 g/mol. The van der Waals surface area contributed by atoms with E-state index in [0.717, 1.165) is 0 Å². The first kappa shape index (κ1) is 17.8. The maximum absolute atomic E-state index is 12.8. The second-order valence-electron chi connectivity index (χ2n) is 5.93. The van der Waals surface area contributed by atoms with Crippen LogP contribution in [0, 0.1) is 11.3 Å². The summed E-state index contributed by atoms with van der Waals surface area (Å²) in [5.41, 5.74) is 1.63. The number of hydrogen-bond donors (Lipinski definition) is 1. The van der Waals surface area contributed by atoms with Gasteiger partial charge in [0.2, 0.25) is 5.91 Å². The molecule has 1 heterocycles. The quantitative estimate of drug-likeness (QED) is 0.899. The largest absolute Gasteiger partial charge is 0.482 e. The molecule has 26 heavy (non-hydrogen) atoms. The number of fused-ring (bicyclic) bond motifs is 1. The molecule has 1 aliphatic rings. The van der Waals surface area contributed by atoms with Gasteiger partial charge in [-0.2, -0.15) is 5.26 Å². The van der Waals surface area contributed by atoms with Gasteiger partial charge in [0.15, 0.2) is 6.61 Å². The van der Waals surface area contributed by atoms with Gasteiger partial charge in [0.1, 0.15) is 5.75 Å². The van der Waals surface area contributed by atoms with Crippen LogP contribution < -0.4 is 15.0 Å². The van der Waals surface area contributed by atoms with E-state index in [-0.39, 0.29) is 35.9 Å². The van der Waals surface area contributed by atoms with Crippen molar-refractivity contribution in [2.75, 3.05) is 16.8 Å². The Kier molecular flexibility index (Phi) is 5.10. The summed E-state index contributed by atoms with van der Waals surface area (Å²) in [6.45, 7) is 1.58. The Morgan fingerprint density at radius 1 is 1.38 bits per heavy atom. The molecule has 0 spiro atoms. The fourth-order valence-corrected chi connectivity index (χ4v) is 3.10. The van der Waals surface area contributed by atoms with Crippen LogP contribution in [0.25, 0.3) is 0 Å². The lowest BCUT2D eigenvalue weighted by atomic mass is 10.1. The predicted octanol–water partition coefficient (Wildman–Crippen LogP) is 3.35. The Balaban J connectivity index is 1.81. The van der Waals surface area contributed by atoms with E-state index < -0.39 is 0 Å². The number of nitriles is 1. The number of anilines is 2. The van der Waals surface area contributed by atoms with Crippen molar-refractivity contribution < 1.29 is 14.3 Å². The van der Waals surface area contributed by atoms with E-state index in [2.05, 4.69) is 5.32 Å². The number of halogens is 1. The van der Waals surface area contributed by atoms with Crippen molar-refractivity contribution in [1.82, 2.24) is 0 Å². The zero-order chi connectivity index (χ0) is 18.7. The highest BCUT2D eigenvalue weighted by atomic mass is 35.5. The minimum absolute atomic E-state index is 0.142. The third kappa shape index (κ3) is 3.63. The van der Waals surface area contributed by atoms with Crippen molar-refractivity contribution in [2.45, 2.75) is 19.4 Å². The van der Waals surface area contributed by atoms with Crippen molar-refractivity contribution in [3.63, 3.8) is 0 Å². The number of hydrogen-bond acceptors (Lipinski definition) is 4. The molecule has 1 aliphatic heterocycles. The molecular formula is C19H16ClN3O3. The van der Waals surface area contributed by atoms with E-state index in [0.29, 0.717) is 22.7 Å². The van der Waals surface area contributed by atoms with E-state index in [1.165, 1.54) is 6.07 Å². The second kappa shape index (κ2) is 7.46. The molecule has 2 amide bonds. The Hall–Kier alpha value is -3.04. The van der Waals surface area contributed by atoms with Gasteiger partial charge < -0.3 is 15.0 Å². The lowest BCUT2D eigenvalue weighted by Crippen LogP contribution is -2.41. The zero-order valence-corrected chi connectivity index (χ0v) is 14.8. The number of nitrogens with zero attached hydrogens (tertiary/aromatic N) is 2. The van der Waals surface area contributed by atoms with Crippen LogP contribution in [0.4, 0.5) is 11.4 Å². The van der Waals surface area contributed by atoms with Gasteiger partial charge in [0.25, 0.3) is 5.91 Å². The summed E-state index contributed by atoms with van der Waals surface area (Å²) >= 11 is 6.08. The molecule has 0 bridgehead atoms. The van der Waals surface area contributed by atoms with Gasteiger partial charge in [-0.05, 0) is 37.3 Å². The molecule has 2 aromatic rings. The molecular weight excluding hydrogens is 354 g/mol. The van der Waals surface area contributed by atoms with Gasteiger partial charge in [-0.15, -0.1) is 0 Å². The molecule has 7 heteroatoms. The smallest absolute Gasteiger partial charge is 0.265 e. The normalized spacial score (nSPS) is 16.1. The molecule has 0 fully saturated rings. The molecule has 2 aromatic carbocycles. The van der Waals surface area contributed by atoms with Gasteiger partial charge in [-0.25, -0.2) is 0 Å². The van der Waals surface area contributed by atoms with Crippen LogP contribution in [0.2, 0.25) is 5.02 Å². The van der Waals surface area contributed by atoms with Crippen LogP contribution in [0.1, 0.15) is 18.9 Å². The molecule has 1 atom stereocenters. The number of benzene rings is 2. The van der Waals surface area contributed by atoms with E-state index in [9.17, 15) is 9.59 Å². The summed E-state index contributed by atoms with van der Waals surface area (Å²) < 4.78 is 5.54. The first-order chi connectivity index (χ1) is 12.5. The Bertz CT molecular complexity index is 907. The van der Waals surface area contributed by atoms with Crippen LogP contribution in [-0.2, 0) is 9.59 Å². The Morgan fingerprint density at radius 2 is 2.15 bits per heavy atom. The third-order valence-electron chi connectivity index (χ3n) is 4.04. The summed E-state index contributed by atoms with van der Waals surface area (Å²) in [6, 6.07) is 13.4. The topological polar surface area (TPSA) is 82.4 Å². The van der Waals surface area contributed by atoms with E-state index in [1.807, 2.05) is 19.1 Å². The average molecular weight is 370 g/mol. The van der Waals surface area contributed by atoms with Gasteiger partial charge in [-0.1, -0.05) is 23.7 Å². The number of rotatable bonds is 3. The standard InChI is InChI=1S/C19H16ClN3O3/c1-12-8-18(24)22-15-4-2-3-5-16(15)23(12)19(25)11-26-17-7-6-13(10-21)9-14(17)20/h2-7,9,12H,8,11H2,1H3,(H,22,24). The number of ether oxygens (including phenoxy) is 1. The van der Waals surface area contributed by atoms with Gasteiger partial charge in [-0.3, -0.25) is 9.59 Å². The van der Waals surface area contributed by atoms with Gasteiger partial charge in [0, 0.05) is 12.5 Å². The zero-order valence-electron chi connectivity index (χ0n) is 14.0. The fraction of sp³-hybridized carbons (Fsp3) is 0.211. The maximum atomic E-state index is 12.8. The summed E-state index contributed by atoms with van der Waals surface area (Å²) in [7, 11) is 0. The van der Waals surface area contributed by atoms with Crippen molar-refractivity contribution >= 4 is 34.8 Å². The average Bonchev–Trinajstić information content (AvgIpc) is 2.74. The molecule has 3 rings (SSSR count). The van der Waals surface area contributed by atoms with Crippen LogP contribution in [0.15, 0.2) is 42.5 Å². The van der Waals surface area contributed by atoms with Crippen LogP contribution in [-0.4, -0.2) is 24.5 Å². The number of nitrogens with one attached hydrogen (secondary N) is 1. The Morgan fingerprint density at radius 3 is 2.88 bits per heavy atom. The lowest BCUT2D eigenvalue weighted by Gasteiger charge is -2.27. The molecule has 132 valence electrons. The molecule has 1 unspecified atom stereocenters. The minimum Gasteiger partial charge on any atom is -0.482 e. The van der Waals surface area contributed by atoms with E-state index >= 15 is 0 Å². The van der Waals surface area contributed by atoms with Crippen LogP contribution in [0.5, 0.6) is 5.75 Å². The molecule has 1 N–H and O–H groups in total. The first-order valence-corrected chi connectivity index (χ1v) is 8.41. The van der Waals surface area contributed by atoms with Crippen molar-refractivity contribution in [2.24, 2.45) is 0 Å². The molecule has 0 saturated heterocycles. The van der Waals surface area contributed by atoms with E-state index in [4.69, 9.17) is 21.6 Å². The van der Waals surface area contributed by atoms with E-state index in [1.54, 1.807) is 35.2 Å². The minimum atomic E-state index is -0.314. The van der Waals surface area contributed by atoms with Gasteiger partial charge in [0.05, 0.1) is 28.0 Å². The molecule has 0 radical (unpaired) electrons. The summed E-state index contributed by atoms with van der Waals surface area (Å²) in [6.07, 6.45) is 0.193. The lowest BCUT2D eigenvalue weighted by molar-refractivity contribution is -0.121. The summed E-state index contributed by atoms with van der Waals surface area (Å²) in [5, 5.41) is 11.9. The molecule has 0 aliphatic carbocycles. The highest BCUT2D eigenvalue weighted by Gasteiger charge is 2.29. The predicted molar refractivity (Wildman–Crippen MR) is 98.3 cm³/mol. The summed E-state index contributed by atoms with van der Waals surface area (Å²) in [5.74, 6) is -0.109. The van der Waals surface area contributed by atoms with Crippen LogP contribution in [0.3, 0.4) is 0 Å². The van der Waals surface area contributed by atoms with Crippen molar-refractivity contribution in [3.8, 4) is 11.8 Å². The SMILES string of the molecule is CC1CC(=O)Nc2ccccc2N1C(=O)COc1ccc(C#N)cc1Cl. The maximum Gasteiger partial charge on any atom is 0.265 e. The first-order valence-electron chi connectivity index (χ1n) is 8.03. The number of amides is 2. The second-order valence-corrected chi connectivity index (χ2v) is 6.34. The number of carbonyl (C=O) groups is 2. The van der Waals surface area contributed by atoms with Gasteiger partial charge >= 0.3 is 0 Å². The molecule has 0 saturated carbocycles. The highest BCUT2D eigenvalue weighted by Crippen LogP contribution is 2.31. The number of carbonyl (C=O) groups excluding carboxylic acids is 2. The number of para-hydroxylation sites is 2.